The van der Waals surface area contributed by atoms with Crippen molar-refractivity contribution in [2.24, 2.45) is 0 Å². The highest BCUT2D eigenvalue weighted by Crippen LogP contribution is 1.96. The van der Waals surface area contributed by atoms with Crippen molar-refractivity contribution in [3.05, 3.63) is 36.6 Å². The zero-order valence-corrected chi connectivity index (χ0v) is 5.67. The molecule has 0 heterocycles. The Balaban J connectivity index is 3.57. The molecule has 0 bridgehead atoms. The molecule has 50 valence electrons. The van der Waals surface area contributed by atoms with Crippen molar-refractivity contribution in [2.75, 3.05) is 0 Å². The Morgan fingerprint density at radius 3 is 2.67 bits per heavy atom. The van der Waals surface area contributed by atoms with Crippen molar-refractivity contribution in [1.82, 2.24) is 0 Å². The lowest BCUT2D eigenvalue weighted by atomic mass is 10.2. The van der Waals surface area contributed by atoms with Gasteiger partial charge in [-0.2, -0.15) is 0 Å². The van der Waals surface area contributed by atoms with Crippen molar-refractivity contribution < 1.29 is 5.11 Å². The maximum atomic E-state index is 8.19. The molecular formula is C8H12O. The number of hydrogen-bond acceptors (Lipinski definition) is 1. The van der Waals surface area contributed by atoms with E-state index in [0.717, 1.165) is 18.3 Å². The van der Waals surface area contributed by atoms with E-state index in [1.54, 1.807) is 12.2 Å². The third-order valence-electron chi connectivity index (χ3n) is 0.983. The minimum atomic E-state index is 0.954. The molecule has 9 heavy (non-hydrogen) atoms. The van der Waals surface area contributed by atoms with Crippen LogP contribution in [0, 0.1) is 0 Å². The van der Waals surface area contributed by atoms with E-state index in [4.69, 9.17) is 5.11 Å². The second-order valence-corrected chi connectivity index (χ2v) is 1.71. The van der Waals surface area contributed by atoms with Gasteiger partial charge in [0, 0.05) is 0 Å². The van der Waals surface area contributed by atoms with E-state index in [1.807, 2.05) is 13.0 Å². The molecule has 0 radical (unpaired) electrons. The summed E-state index contributed by atoms with van der Waals surface area (Å²) >= 11 is 0. The predicted octanol–water partition coefficient (Wildman–Crippen LogP) is 2.58. The summed E-state index contributed by atoms with van der Waals surface area (Å²) in [4.78, 5) is 0. The molecule has 0 rings (SSSR count). The van der Waals surface area contributed by atoms with E-state index in [1.165, 1.54) is 0 Å². The number of aliphatic hydroxyl groups is 1. The Hall–Kier alpha value is -0.980. The molecule has 0 fully saturated rings. The van der Waals surface area contributed by atoms with Crippen LogP contribution in [0.15, 0.2) is 36.6 Å². The fourth-order valence-corrected chi connectivity index (χ4v) is 0.359. The molecule has 1 nitrogen and oxygen atoms in total. The highest BCUT2D eigenvalue weighted by Gasteiger charge is 1.76. The van der Waals surface area contributed by atoms with E-state index in [2.05, 4.69) is 6.58 Å². The first kappa shape index (κ1) is 8.02. The monoisotopic (exact) mass is 124 g/mol. The lowest BCUT2D eigenvalue weighted by Crippen LogP contribution is -1.66. The summed E-state index contributed by atoms with van der Waals surface area (Å²) in [6, 6.07) is 0. The number of hydrogen-bond donors (Lipinski definition) is 1. The van der Waals surface area contributed by atoms with Gasteiger partial charge < -0.3 is 5.11 Å². The summed E-state index contributed by atoms with van der Waals surface area (Å²) in [5, 5.41) is 8.19. The van der Waals surface area contributed by atoms with Crippen LogP contribution in [0.5, 0.6) is 0 Å². The zero-order chi connectivity index (χ0) is 7.11. The Kier molecular flexibility index (Phi) is 4.60. The first-order valence-corrected chi connectivity index (χ1v) is 2.96. The third-order valence-corrected chi connectivity index (χ3v) is 0.983. The second-order valence-electron chi connectivity index (χ2n) is 1.71. The second kappa shape index (κ2) is 5.16. The summed E-state index contributed by atoms with van der Waals surface area (Å²) < 4.78 is 0. The smallest absolute Gasteiger partial charge is 0.0791 e. The highest BCUT2D eigenvalue weighted by molar-refractivity contribution is 5.17. The van der Waals surface area contributed by atoms with Gasteiger partial charge >= 0.3 is 0 Å². The quantitative estimate of drug-likeness (QED) is 0.453. The molecule has 0 atom stereocenters. The Morgan fingerprint density at radius 1 is 1.56 bits per heavy atom. The molecule has 1 N–H and O–H groups in total. The van der Waals surface area contributed by atoms with Crippen LogP contribution in [0.25, 0.3) is 0 Å². The van der Waals surface area contributed by atoms with Crippen LogP contribution in [0.2, 0.25) is 0 Å². The molecule has 0 aromatic rings. The Morgan fingerprint density at radius 2 is 2.22 bits per heavy atom. The summed E-state index contributed by atoms with van der Waals surface area (Å²) in [5.74, 6) is 0. The van der Waals surface area contributed by atoms with Gasteiger partial charge in [-0.3, -0.25) is 0 Å². The van der Waals surface area contributed by atoms with Gasteiger partial charge in [-0.15, -0.1) is 0 Å². The summed E-state index contributed by atoms with van der Waals surface area (Å²) in [7, 11) is 0. The molecule has 1 heteroatoms. The average molecular weight is 124 g/mol. The topological polar surface area (TPSA) is 20.2 Å². The molecule has 0 amide bonds. The van der Waals surface area contributed by atoms with Crippen LogP contribution in [-0.2, 0) is 0 Å². The minimum absolute atomic E-state index is 0.954. The molecule has 0 saturated heterocycles. The maximum Gasteiger partial charge on any atom is 0.0791 e. The van der Waals surface area contributed by atoms with Gasteiger partial charge in [-0.1, -0.05) is 31.2 Å². The van der Waals surface area contributed by atoms with Crippen molar-refractivity contribution in [2.45, 2.75) is 13.3 Å². The van der Waals surface area contributed by atoms with E-state index in [9.17, 15) is 0 Å². The molecule has 0 aliphatic rings. The number of allylic oxidation sites excluding steroid dienone is 4. The van der Waals surface area contributed by atoms with Gasteiger partial charge in [0.15, 0.2) is 0 Å². The summed E-state index contributed by atoms with van der Waals surface area (Å²) in [5.41, 5.74) is 1.06. The highest BCUT2D eigenvalue weighted by atomic mass is 16.2. The van der Waals surface area contributed by atoms with Gasteiger partial charge in [0.25, 0.3) is 0 Å². The average Bonchev–Trinajstić information content (AvgIpc) is 1.89. The van der Waals surface area contributed by atoms with Crippen LogP contribution in [0.1, 0.15) is 13.3 Å². The molecule has 0 aromatic heterocycles. The number of aliphatic hydroxyl groups excluding tert-OH is 1. The zero-order valence-electron chi connectivity index (χ0n) is 5.67. The first-order chi connectivity index (χ1) is 4.31. The van der Waals surface area contributed by atoms with Crippen LogP contribution in [-0.4, -0.2) is 5.11 Å². The van der Waals surface area contributed by atoms with Gasteiger partial charge in [0.05, 0.1) is 6.26 Å². The Bertz CT molecular complexity index is 132. The van der Waals surface area contributed by atoms with Crippen molar-refractivity contribution in [3.8, 4) is 0 Å². The molecule has 0 aromatic carbocycles. The van der Waals surface area contributed by atoms with Crippen LogP contribution in [0.3, 0.4) is 0 Å². The molecular weight excluding hydrogens is 112 g/mol. The predicted molar refractivity (Wildman–Crippen MR) is 40.3 cm³/mol. The number of rotatable bonds is 3. The van der Waals surface area contributed by atoms with E-state index in [-0.39, 0.29) is 0 Å². The third kappa shape index (κ3) is 4.88. The molecule has 0 unspecified atom stereocenters. The standard InChI is InChI=1S/C8H12O/c1-3-8(2)6-4-5-7-9/h4-7,9H,2-3H2,1H3/b6-4-,7-5-. The minimum Gasteiger partial charge on any atom is -0.516 e. The maximum absolute atomic E-state index is 8.19. The van der Waals surface area contributed by atoms with Crippen molar-refractivity contribution in [1.29, 1.82) is 0 Å². The van der Waals surface area contributed by atoms with E-state index < -0.39 is 0 Å². The normalized spacial score (nSPS) is 11.2. The molecule has 0 aliphatic carbocycles. The van der Waals surface area contributed by atoms with E-state index >= 15 is 0 Å². The first-order valence-electron chi connectivity index (χ1n) is 2.96. The van der Waals surface area contributed by atoms with Crippen LogP contribution >= 0.6 is 0 Å². The van der Waals surface area contributed by atoms with Gasteiger partial charge in [0.1, 0.15) is 0 Å². The molecule has 0 spiro atoms. The van der Waals surface area contributed by atoms with Crippen molar-refractivity contribution >= 4 is 0 Å². The fraction of sp³-hybridized carbons (Fsp3) is 0.250. The largest absolute Gasteiger partial charge is 0.516 e. The molecule has 0 aliphatic heterocycles. The summed E-state index contributed by atoms with van der Waals surface area (Å²) in [6.07, 6.45) is 7.13. The SMILES string of the molecule is C=C(/C=C\C=C/O)CC. The van der Waals surface area contributed by atoms with Crippen LogP contribution in [0.4, 0.5) is 0 Å². The van der Waals surface area contributed by atoms with Crippen LogP contribution < -0.4 is 0 Å². The summed E-state index contributed by atoms with van der Waals surface area (Å²) in [6.45, 7) is 5.78. The van der Waals surface area contributed by atoms with Crippen molar-refractivity contribution in [3.63, 3.8) is 0 Å². The Labute approximate surface area is 56.0 Å². The lowest BCUT2D eigenvalue weighted by Gasteiger charge is -1.86. The van der Waals surface area contributed by atoms with Gasteiger partial charge in [0.2, 0.25) is 0 Å². The molecule has 0 saturated carbocycles. The van der Waals surface area contributed by atoms with E-state index in [0.29, 0.717) is 0 Å². The van der Waals surface area contributed by atoms with Gasteiger partial charge in [-0.05, 0) is 12.5 Å². The van der Waals surface area contributed by atoms with Gasteiger partial charge in [-0.25, -0.2) is 0 Å². The lowest BCUT2D eigenvalue weighted by molar-refractivity contribution is 0.474. The fourth-order valence-electron chi connectivity index (χ4n) is 0.359.